The number of rotatable bonds is 4. The number of nitrogens with one attached hydrogen (secondary N) is 1. The number of nitrogens with zero attached hydrogens (tertiary/aromatic N) is 2. The molecule has 2 aromatic carbocycles. The molecule has 0 saturated heterocycles. The number of likely N-dealkylation sites (N-methyl/N-ethyl adjacent to an activating group) is 1. The molecule has 0 fully saturated rings. The van der Waals surface area contributed by atoms with Gasteiger partial charge < -0.3 is 10.2 Å². The number of fused-ring (bicyclic) bond motifs is 1. The van der Waals surface area contributed by atoms with Crippen LogP contribution in [0.3, 0.4) is 0 Å². The second-order valence-corrected chi connectivity index (χ2v) is 9.73. The highest BCUT2D eigenvalue weighted by Gasteiger charge is 2.36. The summed E-state index contributed by atoms with van der Waals surface area (Å²) in [6.07, 6.45) is -4.86. The minimum Gasteiger partial charge on any atom is -0.324 e. The zero-order valence-corrected chi connectivity index (χ0v) is 18.6. The number of carbonyl (C=O) groups is 2. The van der Waals surface area contributed by atoms with Gasteiger partial charge >= 0.3 is 6.18 Å². The molecule has 1 aliphatic rings. The summed E-state index contributed by atoms with van der Waals surface area (Å²) in [5.74, 6) is -0.945. The molecule has 1 aliphatic heterocycles. The van der Waals surface area contributed by atoms with Crippen molar-refractivity contribution < 1.29 is 31.2 Å². The van der Waals surface area contributed by atoms with Gasteiger partial charge in [0.25, 0.3) is 0 Å². The van der Waals surface area contributed by atoms with Crippen LogP contribution < -0.4 is 10.2 Å². The van der Waals surface area contributed by atoms with Crippen molar-refractivity contribution in [1.82, 2.24) is 4.31 Å². The molecule has 0 radical (unpaired) electrons. The van der Waals surface area contributed by atoms with Crippen LogP contribution in [0.1, 0.15) is 18.9 Å². The smallest absolute Gasteiger partial charge is 0.324 e. The second-order valence-electron chi connectivity index (χ2n) is 7.28. The Morgan fingerprint density at radius 3 is 2.56 bits per heavy atom. The Bertz CT molecular complexity index is 1170. The first kappa shape index (κ1) is 24.0. The molecule has 2 aromatic rings. The van der Waals surface area contributed by atoms with Crippen LogP contribution in [0.5, 0.6) is 0 Å². The molecule has 1 heterocycles. The summed E-state index contributed by atoms with van der Waals surface area (Å²) in [6, 6.07) is 8.21. The van der Waals surface area contributed by atoms with E-state index in [1.807, 2.05) is 0 Å². The molecule has 172 valence electrons. The summed E-state index contributed by atoms with van der Waals surface area (Å²) in [5.41, 5.74) is -0.500. The van der Waals surface area contributed by atoms with Gasteiger partial charge in [-0.15, -0.1) is 0 Å². The molecule has 0 spiro atoms. The van der Waals surface area contributed by atoms with Crippen molar-refractivity contribution in [3.05, 3.63) is 53.1 Å². The zero-order valence-electron chi connectivity index (χ0n) is 17.0. The molecule has 32 heavy (non-hydrogen) atoms. The van der Waals surface area contributed by atoms with Crippen LogP contribution in [0.2, 0.25) is 5.02 Å². The lowest BCUT2D eigenvalue weighted by atomic mass is 10.1. The molecule has 0 bridgehead atoms. The van der Waals surface area contributed by atoms with E-state index in [9.17, 15) is 31.2 Å². The lowest BCUT2D eigenvalue weighted by Crippen LogP contribution is -2.45. The topological polar surface area (TPSA) is 86.8 Å². The van der Waals surface area contributed by atoms with Crippen LogP contribution in [0.25, 0.3) is 0 Å². The average molecular weight is 490 g/mol. The number of sulfonamides is 1. The third kappa shape index (κ3) is 4.74. The van der Waals surface area contributed by atoms with Gasteiger partial charge in [-0.05, 0) is 37.3 Å². The van der Waals surface area contributed by atoms with Gasteiger partial charge in [0, 0.05) is 19.5 Å². The van der Waals surface area contributed by atoms with Crippen LogP contribution in [0.4, 0.5) is 24.5 Å². The first-order valence-electron chi connectivity index (χ1n) is 9.36. The van der Waals surface area contributed by atoms with Crippen molar-refractivity contribution in [1.29, 1.82) is 0 Å². The van der Waals surface area contributed by atoms with E-state index in [-0.39, 0.29) is 12.3 Å². The first-order valence-corrected chi connectivity index (χ1v) is 11.2. The lowest BCUT2D eigenvalue weighted by Gasteiger charge is -2.29. The first-order chi connectivity index (χ1) is 14.8. The largest absolute Gasteiger partial charge is 0.417 e. The van der Waals surface area contributed by atoms with Crippen molar-refractivity contribution in [3.63, 3.8) is 0 Å². The van der Waals surface area contributed by atoms with Crippen LogP contribution in [0, 0.1) is 0 Å². The van der Waals surface area contributed by atoms with E-state index in [4.69, 9.17) is 11.6 Å². The highest BCUT2D eigenvalue weighted by atomic mass is 35.5. The van der Waals surface area contributed by atoms with Gasteiger partial charge in [0.2, 0.25) is 21.8 Å². The molecule has 1 N–H and O–H groups in total. The minimum atomic E-state index is -4.85. The summed E-state index contributed by atoms with van der Waals surface area (Å²) in [6.45, 7) is 0.988. The molecule has 0 aliphatic carbocycles. The van der Waals surface area contributed by atoms with E-state index in [0.29, 0.717) is 21.7 Å². The summed E-state index contributed by atoms with van der Waals surface area (Å²) in [5, 5.41) is 2.05. The molecule has 0 unspecified atom stereocenters. The number of hydrogen-bond donors (Lipinski definition) is 1. The van der Waals surface area contributed by atoms with E-state index >= 15 is 0 Å². The number of benzene rings is 2. The van der Waals surface area contributed by atoms with Gasteiger partial charge in [-0.3, -0.25) is 9.59 Å². The van der Waals surface area contributed by atoms with Crippen molar-refractivity contribution in [2.24, 2.45) is 0 Å². The highest BCUT2D eigenvalue weighted by molar-refractivity contribution is 7.89. The maximum atomic E-state index is 13.1. The number of amides is 2. The van der Waals surface area contributed by atoms with Crippen molar-refractivity contribution in [2.75, 3.05) is 23.8 Å². The van der Waals surface area contributed by atoms with Crippen LogP contribution >= 0.6 is 11.6 Å². The molecule has 0 aromatic heterocycles. The fourth-order valence-corrected chi connectivity index (χ4v) is 4.75. The Hall–Kier alpha value is -2.63. The summed E-state index contributed by atoms with van der Waals surface area (Å²) in [4.78, 5) is 25.8. The molecule has 2 amide bonds. The summed E-state index contributed by atoms with van der Waals surface area (Å²) in [7, 11) is -3.35. The second kappa shape index (κ2) is 8.72. The number of hydrogen-bond acceptors (Lipinski definition) is 4. The van der Waals surface area contributed by atoms with E-state index in [1.54, 1.807) is 31.2 Å². The third-order valence-electron chi connectivity index (χ3n) is 4.94. The summed E-state index contributed by atoms with van der Waals surface area (Å²) >= 11 is 5.56. The Morgan fingerprint density at radius 2 is 1.91 bits per heavy atom. The SMILES string of the molecule is C[C@@H]1CC(=O)Nc2ccccc2N1C(=O)CN(C)S(=O)(=O)c1ccc(Cl)c(C(F)(F)F)c1. The van der Waals surface area contributed by atoms with E-state index in [0.717, 1.165) is 19.2 Å². The predicted molar refractivity (Wildman–Crippen MR) is 113 cm³/mol. The van der Waals surface area contributed by atoms with Gasteiger partial charge in [-0.2, -0.15) is 17.5 Å². The van der Waals surface area contributed by atoms with Gasteiger partial charge in [0.1, 0.15) is 0 Å². The Labute approximate surface area is 187 Å². The van der Waals surface area contributed by atoms with Crippen LogP contribution in [0.15, 0.2) is 47.4 Å². The zero-order chi connectivity index (χ0) is 23.8. The highest BCUT2D eigenvalue weighted by Crippen LogP contribution is 2.36. The van der Waals surface area contributed by atoms with Crippen molar-refractivity contribution in [2.45, 2.75) is 30.5 Å². The van der Waals surface area contributed by atoms with Crippen LogP contribution in [-0.4, -0.2) is 44.2 Å². The Balaban J connectivity index is 1.91. The standard InChI is InChI=1S/C20H19ClF3N3O4S/c1-12-9-18(28)25-16-5-3-4-6-17(16)27(12)19(29)11-26(2)32(30,31)13-7-8-15(21)14(10-13)20(22,23)24/h3-8,10,12H,9,11H2,1-2H3,(H,25,28)/t12-/m1/s1. The normalized spacial score (nSPS) is 17.0. The third-order valence-corrected chi connectivity index (χ3v) is 7.07. The fourth-order valence-electron chi connectivity index (χ4n) is 3.38. The predicted octanol–water partition coefficient (Wildman–Crippen LogP) is 3.74. The van der Waals surface area contributed by atoms with E-state index in [1.165, 1.54) is 4.90 Å². The molecular formula is C20H19ClF3N3O4S. The number of carbonyl (C=O) groups excluding carboxylic acids is 2. The Kier molecular flexibility index (Phi) is 6.55. The van der Waals surface area contributed by atoms with E-state index in [2.05, 4.69) is 5.32 Å². The number of alkyl halides is 3. The van der Waals surface area contributed by atoms with Gasteiger partial charge in [0.05, 0.1) is 33.4 Å². The van der Waals surface area contributed by atoms with Crippen LogP contribution in [-0.2, 0) is 25.8 Å². The molecule has 3 rings (SSSR count). The molecule has 1 atom stereocenters. The lowest BCUT2D eigenvalue weighted by molar-refractivity contribution is -0.137. The van der Waals surface area contributed by atoms with Gasteiger partial charge in [-0.1, -0.05) is 23.7 Å². The number of para-hydroxylation sites is 2. The Morgan fingerprint density at radius 1 is 1.25 bits per heavy atom. The van der Waals surface area contributed by atoms with Crippen molar-refractivity contribution in [3.8, 4) is 0 Å². The molecule has 12 heteroatoms. The number of anilines is 2. The average Bonchev–Trinajstić information content (AvgIpc) is 2.81. The quantitative estimate of drug-likeness (QED) is 0.708. The van der Waals surface area contributed by atoms with E-state index < -0.39 is 50.2 Å². The summed E-state index contributed by atoms with van der Waals surface area (Å²) < 4.78 is 65.8. The maximum Gasteiger partial charge on any atom is 0.417 e. The maximum absolute atomic E-state index is 13.1. The monoisotopic (exact) mass is 489 g/mol. The minimum absolute atomic E-state index is 0.0109. The molecule has 0 saturated carbocycles. The van der Waals surface area contributed by atoms with Crippen molar-refractivity contribution >= 4 is 44.8 Å². The van der Waals surface area contributed by atoms with Gasteiger partial charge in [0.15, 0.2) is 0 Å². The fraction of sp³-hybridized carbons (Fsp3) is 0.300. The molecule has 7 nitrogen and oxygen atoms in total. The number of halogens is 4. The molecular weight excluding hydrogens is 471 g/mol. The van der Waals surface area contributed by atoms with Gasteiger partial charge in [-0.25, -0.2) is 8.42 Å².